The van der Waals surface area contributed by atoms with Crippen LogP contribution in [0.1, 0.15) is 40.4 Å². The van der Waals surface area contributed by atoms with Crippen molar-refractivity contribution in [2.24, 2.45) is 0 Å². The molecule has 0 saturated heterocycles. The van der Waals surface area contributed by atoms with Gasteiger partial charge in [-0.3, -0.25) is 9.10 Å². The fraction of sp³-hybridized carbons (Fsp3) is 0.316. The number of carbonyl (C=O) groups excluding carboxylic acids is 1. The summed E-state index contributed by atoms with van der Waals surface area (Å²) in [5, 5.41) is 3.28. The van der Waals surface area contributed by atoms with Crippen molar-refractivity contribution in [3.63, 3.8) is 0 Å². The summed E-state index contributed by atoms with van der Waals surface area (Å²) >= 11 is 6.25. The lowest BCUT2D eigenvalue weighted by Crippen LogP contribution is -2.31. The molecule has 3 rings (SSSR count). The number of nitrogens with zero attached hydrogens (tertiary/aromatic N) is 1. The molecule has 26 heavy (non-hydrogen) atoms. The van der Waals surface area contributed by atoms with Gasteiger partial charge in [-0.15, -0.1) is 0 Å². The fourth-order valence-corrected chi connectivity index (χ4v) is 3.97. The molecular formula is C19H21ClN2O3S. The zero-order chi connectivity index (χ0) is 18.9. The van der Waals surface area contributed by atoms with E-state index in [9.17, 15) is 13.2 Å². The molecule has 0 saturated carbocycles. The topological polar surface area (TPSA) is 66.5 Å². The lowest BCUT2D eigenvalue weighted by molar-refractivity contribution is 0.0933. The summed E-state index contributed by atoms with van der Waals surface area (Å²) in [6.45, 7) is 0. The number of benzene rings is 2. The first-order valence-electron chi connectivity index (χ1n) is 8.39. The van der Waals surface area contributed by atoms with Crippen LogP contribution in [0.3, 0.4) is 0 Å². The van der Waals surface area contributed by atoms with Crippen molar-refractivity contribution in [1.29, 1.82) is 0 Å². The van der Waals surface area contributed by atoms with E-state index >= 15 is 0 Å². The largest absolute Gasteiger partial charge is 0.345 e. The van der Waals surface area contributed by atoms with Crippen LogP contribution in [0.2, 0.25) is 5.02 Å². The van der Waals surface area contributed by atoms with E-state index in [2.05, 4.69) is 11.4 Å². The predicted molar refractivity (Wildman–Crippen MR) is 104 cm³/mol. The van der Waals surface area contributed by atoms with Gasteiger partial charge in [-0.25, -0.2) is 8.42 Å². The molecule has 0 unspecified atom stereocenters. The average Bonchev–Trinajstić information content (AvgIpc) is 2.60. The first-order valence-corrected chi connectivity index (χ1v) is 10.6. The summed E-state index contributed by atoms with van der Waals surface area (Å²) in [7, 11) is -1.94. The van der Waals surface area contributed by atoms with E-state index in [0.717, 1.165) is 35.4 Å². The lowest BCUT2D eigenvalue weighted by atomic mass is 9.87. The van der Waals surface area contributed by atoms with Gasteiger partial charge in [-0.05, 0) is 48.6 Å². The van der Waals surface area contributed by atoms with Crippen LogP contribution in [0.5, 0.6) is 0 Å². The van der Waals surface area contributed by atoms with Crippen LogP contribution >= 0.6 is 11.6 Å². The fourth-order valence-electron chi connectivity index (χ4n) is 3.22. The highest BCUT2D eigenvalue weighted by Crippen LogP contribution is 2.30. The number of amides is 1. The Morgan fingerprint density at radius 1 is 1.23 bits per heavy atom. The SMILES string of the molecule is CN(c1ccc(C(=O)N[C@H]2CCCc3ccccc32)c(Cl)c1)S(C)(=O)=O. The third kappa shape index (κ3) is 3.86. The van der Waals surface area contributed by atoms with Gasteiger partial charge >= 0.3 is 0 Å². The van der Waals surface area contributed by atoms with E-state index in [1.807, 2.05) is 18.2 Å². The summed E-state index contributed by atoms with van der Waals surface area (Å²) in [5.41, 5.74) is 3.16. The van der Waals surface area contributed by atoms with Crippen molar-refractivity contribution in [2.75, 3.05) is 17.6 Å². The molecule has 2 aromatic rings. The molecule has 5 nitrogen and oxygen atoms in total. The Morgan fingerprint density at radius 3 is 2.65 bits per heavy atom. The maximum atomic E-state index is 12.7. The average molecular weight is 393 g/mol. The molecule has 0 aromatic heterocycles. The van der Waals surface area contributed by atoms with Crippen LogP contribution in [0.25, 0.3) is 0 Å². The monoisotopic (exact) mass is 392 g/mol. The molecule has 1 atom stereocenters. The smallest absolute Gasteiger partial charge is 0.253 e. The van der Waals surface area contributed by atoms with Crippen molar-refractivity contribution in [3.05, 3.63) is 64.2 Å². The number of hydrogen-bond acceptors (Lipinski definition) is 3. The lowest BCUT2D eigenvalue weighted by Gasteiger charge is -2.26. The Balaban J connectivity index is 1.81. The molecule has 1 aliphatic carbocycles. The van der Waals surface area contributed by atoms with Gasteiger partial charge < -0.3 is 5.32 Å². The van der Waals surface area contributed by atoms with Gasteiger partial charge in [-0.1, -0.05) is 35.9 Å². The van der Waals surface area contributed by atoms with Crippen LogP contribution in [-0.2, 0) is 16.4 Å². The molecule has 0 heterocycles. The quantitative estimate of drug-likeness (QED) is 0.865. The first kappa shape index (κ1) is 18.7. The third-order valence-electron chi connectivity index (χ3n) is 4.73. The second-order valence-corrected chi connectivity index (χ2v) is 8.93. The van der Waals surface area contributed by atoms with Gasteiger partial charge in [0.2, 0.25) is 10.0 Å². The Morgan fingerprint density at radius 2 is 1.96 bits per heavy atom. The number of anilines is 1. The minimum absolute atomic E-state index is 0.0399. The highest BCUT2D eigenvalue weighted by molar-refractivity contribution is 7.92. The van der Waals surface area contributed by atoms with E-state index in [0.29, 0.717) is 11.3 Å². The molecule has 0 bridgehead atoms. The Hall–Kier alpha value is -2.05. The standard InChI is InChI=1S/C19H21ClN2O3S/c1-22(26(2,24)25)14-10-11-16(17(20)12-14)19(23)21-18-9-5-7-13-6-3-4-8-15(13)18/h3-4,6,8,10-12,18H,5,7,9H2,1-2H3,(H,21,23)/t18-/m0/s1. The highest BCUT2D eigenvalue weighted by atomic mass is 35.5. The van der Waals surface area contributed by atoms with Crippen LogP contribution < -0.4 is 9.62 Å². The van der Waals surface area contributed by atoms with Crippen LogP contribution in [0.4, 0.5) is 5.69 Å². The van der Waals surface area contributed by atoms with Crippen LogP contribution in [-0.4, -0.2) is 27.6 Å². The number of fused-ring (bicyclic) bond motifs is 1. The highest BCUT2D eigenvalue weighted by Gasteiger charge is 2.23. The summed E-state index contributed by atoms with van der Waals surface area (Å²) in [6.07, 6.45) is 4.04. The normalized spacial score (nSPS) is 16.7. The van der Waals surface area contributed by atoms with Crippen LogP contribution in [0.15, 0.2) is 42.5 Å². The molecule has 0 spiro atoms. The molecule has 2 aromatic carbocycles. The molecule has 1 N–H and O–H groups in total. The Bertz CT molecular complexity index is 944. The van der Waals surface area contributed by atoms with Crippen molar-refractivity contribution in [1.82, 2.24) is 5.32 Å². The second-order valence-electron chi connectivity index (χ2n) is 6.51. The summed E-state index contributed by atoms with van der Waals surface area (Å²) in [6, 6.07) is 12.7. The number of halogens is 1. The predicted octanol–water partition coefficient (Wildman–Crippen LogP) is 3.54. The number of nitrogens with one attached hydrogen (secondary N) is 1. The van der Waals surface area contributed by atoms with Crippen molar-refractivity contribution in [3.8, 4) is 0 Å². The molecule has 0 aliphatic heterocycles. The van der Waals surface area contributed by atoms with Crippen molar-refractivity contribution in [2.45, 2.75) is 25.3 Å². The van der Waals surface area contributed by atoms with Gasteiger partial charge in [0.15, 0.2) is 0 Å². The Labute approximate surface area is 159 Å². The van der Waals surface area contributed by atoms with Gasteiger partial charge in [0.05, 0.1) is 28.6 Å². The Kier molecular flexibility index (Phi) is 5.25. The maximum absolute atomic E-state index is 12.7. The summed E-state index contributed by atoms with van der Waals surface area (Å²) in [5.74, 6) is -0.259. The zero-order valence-electron chi connectivity index (χ0n) is 14.7. The second kappa shape index (κ2) is 7.29. The molecule has 138 valence electrons. The molecule has 7 heteroatoms. The number of hydrogen-bond donors (Lipinski definition) is 1. The van der Waals surface area contributed by atoms with E-state index in [1.54, 1.807) is 12.1 Å². The van der Waals surface area contributed by atoms with Crippen molar-refractivity contribution >= 4 is 33.2 Å². The number of rotatable bonds is 4. The maximum Gasteiger partial charge on any atom is 0.253 e. The minimum atomic E-state index is -3.39. The number of carbonyl (C=O) groups is 1. The molecule has 1 aliphatic rings. The van der Waals surface area contributed by atoms with Gasteiger partial charge in [-0.2, -0.15) is 0 Å². The van der Waals surface area contributed by atoms with Gasteiger partial charge in [0.25, 0.3) is 5.91 Å². The van der Waals surface area contributed by atoms with Gasteiger partial charge in [0.1, 0.15) is 0 Å². The minimum Gasteiger partial charge on any atom is -0.345 e. The van der Waals surface area contributed by atoms with Crippen LogP contribution in [0, 0.1) is 0 Å². The zero-order valence-corrected chi connectivity index (χ0v) is 16.3. The van der Waals surface area contributed by atoms with E-state index in [1.165, 1.54) is 18.7 Å². The summed E-state index contributed by atoms with van der Waals surface area (Å²) in [4.78, 5) is 12.7. The van der Waals surface area contributed by atoms with Gasteiger partial charge in [0, 0.05) is 7.05 Å². The number of aryl methyl sites for hydroxylation is 1. The van der Waals surface area contributed by atoms with E-state index in [-0.39, 0.29) is 17.0 Å². The van der Waals surface area contributed by atoms with E-state index < -0.39 is 10.0 Å². The molecule has 0 radical (unpaired) electrons. The third-order valence-corrected chi connectivity index (χ3v) is 6.25. The van der Waals surface area contributed by atoms with E-state index in [4.69, 9.17) is 11.6 Å². The first-order chi connectivity index (χ1) is 12.3. The molecule has 0 fully saturated rings. The van der Waals surface area contributed by atoms with Crippen molar-refractivity contribution < 1.29 is 13.2 Å². The molecule has 1 amide bonds. The summed E-state index contributed by atoms with van der Waals surface area (Å²) < 4.78 is 24.4. The number of sulfonamides is 1. The molecular weight excluding hydrogens is 372 g/mol.